The highest BCUT2D eigenvalue weighted by molar-refractivity contribution is 6.03. The summed E-state index contributed by atoms with van der Waals surface area (Å²) in [7, 11) is 8.25. The van der Waals surface area contributed by atoms with Crippen molar-refractivity contribution >= 4 is 5.78 Å². The van der Waals surface area contributed by atoms with Gasteiger partial charge < -0.3 is 19.1 Å². The van der Waals surface area contributed by atoms with Crippen LogP contribution < -0.4 is 14.2 Å². The van der Waals surface area contributed by atoms with E-state index in [2.05, 4.69) is 0 Å². The first kappa shape index (κ1) is 14.3. The Bertz CT molecular complexity index is 404. The number of ether oxygens (including phenoxy) is 3. The van der Waals surface area contributed by atoms with Gasteiger partial charge in [0.25, 0.3) is 0 Å². The van der Waals surface area contributed by atoms with Crippen LogP contribution in [0, 0.1) is 0 Å². The molecule has 0 saturated carbocycles. The van der Waals surface area contributed by atoms with Crippen LogP contribution in [0.1, 0.15) is 10.4 Å². The first-order valence-corrected chi connectivity index (χ1v) is 5.51. The summed E-state index contributed by atoms with van der Waals surface area (Å²) in [6.45, 7) is 0.291. The summed E-state index contributed by atoms with van der Waals surface area (Å²) < 4.78 is 15.6. The average molecular weight is 253 g/mol. The number of hydrogen-bond donors (Lipinski definition) is 0. The Kier molecular flexibility index (Phi) is 4.97. The molecule has 1 rings (SSSR count). The van der Waals surface area contributed by atoms with Gasteiger partial charge in [-0.25, -0.2) is 0 Å². The summed E-state index contributed by atoms with van der Waals surface area (Å²) in [6.07, 6.45) is 0. The van der Waals surface area contributed by atoms with Crippen LogP contribution in [0.15, 0.2) is 12.1 Å². The summed E-state index contributed by atoms with van der Waals surface area (Å²) in [4.78, 5) is 14.0. The molecule has 0 amide bonds. The fourth-order valence-corrected chi connectivity index (χ4v) is 1.65. The number of likely N-dealkylation sites (N-methyl/N-ethyl adjacent to an activating group) is 1. The van der Waals surface area contributed by atoms with Gasteiger partial charge in [0.05, 0.1) is 27.9 Å². The number of ketones is 1. The molecular formula is C13H19NO4. The van der Waals surface area contributed by atoms with E-state index in [-0.39, 0.29) is 5.78 Å². The van der Waals surface area contributed by atoms with Crippen molar-refractivity contribution < 1.29 is 19.0 Å². The molecule has 18 heavy (non-hydrogen) atoms. The van der Waals surface area contributed by atoms with E-state index in [0.717, 1.165) is 0 Å². The first-order chi connectivity index (χ1) is 8.53. The van der Waals surface area contributed by atoms with Gasteiger partial charge in [-0.3, -0.25) is 4.79 Å². The average Bonchev–Trinajstić information content (AvgIpc) is 2.35. The number of carbonyl (C=O) groups excluding carboxylic acids is 1. The van der Waals surface area contributed by atoms with Crippen molar-refractivity contribution in [2.75, 3.05) is 42.0 Å². The Labute approximate surface area is 107 Å². The van der Waals surface area contributed by atoms with Crippen LogP contribution in [0.25, 0.3) is 0 Å². The van der Waals surface area contributed by atoms with E-state index >= 15 is 0 Å². The van der Waals surface area contributed by atoms with Crippen LogP contribution in [-0.4, -0.2) is 52.7 Å². The van der Waals surface area contributed by atoms with Gasteiger partial charge in [0.15, 0.2) is 5.78 Å². The number of rotatable bonds is 6. The molecule has 100 valence electrons. The molecule has 0 radical (unpaired) electrons. The summed E-state index contributed by atoms with van der Waals surface area (Å²) in [6, 6.07) is 3.34. The van der Waals surface area contributed by atoms with E-state index in [1.807, 2.05) is 14.1 Å². The molecule has 0 aliphatic rings. The van der Waals surface area contributed by atoms with Crippen molar-refractivity contribution in [1.29, 1.82) is 0 Å². The zero-order valence-electron chi connectivity index (χ0n) is 11.4. The molecule has 0 N–H and O–H groups in total. The summed E-state index contributed by atoms with van der Waals surface area (Å²) in [5, 5.41) is 0. The number of nitrogens with zero attached hydrogens (tertiary/aromatic N) is 1. The third-order valence-corrected chi connectivity index (χ3v) is 2.45. The van der Waals surface area contributed by atoms with Crippen LogP contribution in [0.4, 0.5) is 0 Å². The molecule has 0 spiro atoms. The van der Waals surface area contributed by atoms with Crippen LogP contribution in [0.3, 0.4) is 0 Å². The molecule has 0 atom stereocenters. The standard InChI is InChI=1S/C13H19NO4/c1-14(2)8-10(15)13-11(17-4)6-9(16-3)7-12(13)18-5/h6-7H,8H2,1-5H3. The van der Waals surface area contributed by atoms with Gasteiger partial charge in [-0.2, -0.15) is 0 Å². The van der Waals surface area contributed by atoms with Crippen LogP contribution in [-0.2, 0) is 0 Å². The van der Waals surface area contributed by atoms with Crippen molar-refractivity contribution in [3.63, 3.8) is 0 Å². The van der Waals surface area contributed by atoms with Crippen molar-refractivity contribution in [1.82, 2.24) is 4.90 Å². The predicted octanol–water partition coefficient (Wildman–Crippen LogP) is 1.46. The van der Waals surface area contributed by atoms with E-state index < -0.39 is 0 Å². The molecule has 0 aliphatic carbocycles. The number of hydrogen-bond acceptors (Lipinski definition) is 5. The third-order valence-electron chi connectivity index (χ3n) is 2.45. The molecule has 0 heterocycles. The molecule has 5 heteroatoms. The second-order valence-corrected chi connectivity index (χ2v) is 4.07. The second kappa shape index (κ2) is 6.26. The molecule has 1 aromatic rings. The smallest absolute Gasteiger partial charge is 0.184 e. The highest BCUT2D eigenvalue weighted by Gasteiger charge is 2.20. The Morgan fingerprint density at radius 1 is 1.06 bits per heavy atom. The topological polar surface area (TPSA) is 48.0 Å². The van der Waals surface area contributed by atoms with Crippen molar-refractivity contribution in [2.24, 2.45) is 0 Å². The summed E-state index contributed by atoms with van der Waals surface area (Å²) >= 11 is 0. The van der Waals surface area contributed by atoms with Gasteiger partial charge in [-0.15, -0.1) is 0 Å². The van der Waals surface area contributed by atoms with Gasteiger partial charge in [-0.05, 0) is 14.1 Å². The number of methoxy groups -OCH3 is 3. The number of benzene rings is 1. The van der Waals surface area contributed by atoms with Crippen molar-refractivity contribution in [2.45, 2.75) is 0 Å². The van der Waals surface area contributed by atoms with E-state index in [4.69, 9.17) is 14.2 Å². The van der Waals surface area contributed by atoms with Gasteiger partial charge >= 0.3 is 0 Å². The lowest BCUT2D eigenvalue weighted by molar-refractivity contribution is 0.0951. The maximum Gasteiger partial charge on any atom is 0.184 e. The van der Waals surface area contributed by atoms with Crippen LogP contribution >= 0.6 is 0 Å². The maximum absolute atomic E-state index is 12.2. The van der Waals surface area contributed by atoms with Crippen LogP contribution in [0.5, 0.6) is 17.2 Å². The van der Waals surface area contributed by atoms with Crippen molar-refractivity contribution in [3.05, 3.63) is 17.7 Å². The minimum atomic E-state index is -0.0589. The third kappa shape index (κ3) is 3.13. The van der Waals surface area contributed by atoms with E-state index in [1.54, 1.807) is 24.1 Å². The molecule has 0 bridgehead atoms. The fourth-order valence-electron chi connectivity index (χ4n) is 1.65. The quantitative estimate of drug-likeness (QED) is 0.718. The van der Waals surface area contributed by atoms with Gasteiger partial charge in [0.2, 0.25) is 0 Å². The molecule has 0 unspecified atom stereocenters. The van der Waals surface area contributed by atoms with Gasteiger partial charge in [0, 0.05) is 12.1 Å². The molecule has 0 aliphatic heterocycles. The summed E-state index contributed by atoms with van der Waals surface area (Å²) in [5.74, 6) is 1.44. The van der Waals surface area contributed by atoms with E-state index in [0.29, 0.717) is 29.4 Å². The molecule has 5 nitrogen and oxygen atoms in total. The van der Waals surface area contributed by atoms with Crippen LogP contribution in [0.2, 0.25) is 0 Å². The zero-order chi connectivity index (χ0) is 13.7. The van der Waals surface area contributed by atoms with Crippen molar-refractivity contribution in [3.8, 4) is 17.2 Å². The Morgan fingerprint density at radius 3 is 1.89 bits per heavy atom. The monoisotopic (exact) mass is 253 g/mol. The predicted molar refractivity (Wildman–Crippen MR) is 69.0 cm³/mol. The lowest BCUT2D eigenvalue weighted by Gasteiger charge is -2.15. The molecule has 0 saturated heterocycles. The summed E-state index contributed by atoms with van der Waals surface area (Å²) in [5.41, 5.74) is 0.439. The molecule has 0 fully saturated rings. The number of carbonyl (C=O) groups is 1. The van der Waals surface area contributed by atoms with Gasteiger partial charge in [0.1, 0.15) is 22.8 Å². The molecule has 1 aromatic carbocycles. The highest BCUT2D eigenvalue weighted by atomic mass is 16.5. The van der Waals surface area contributed by atoms with Gasteiger partial charge in [-0.1, -0.05) is 0 Å². The maximum atomic E-state index is 12.2. The number of Topliss-reactive ketones (excluding diaryl/α,β-unsaturated/α-hetero) is 1. The zero-order valence-corrected chi connectivity index (χ0v) is 11.4. The normalized spacial score (nSPS) is 10.3. The largest absolute Gasteiger partial charge is 0.496 e. The molecule has 0 aromatic heterocycles. The Morgan fingerprint density at radius 2 is 1.56 bits per heavy atom. The van der Waals surface area contributed by atoms with E-state index in [1.165, 1.54) is 14.2 Å². The minimum absolute atomic E-state index is 0.0589. The molecular weight excluding hydrogens is 234 g/mol. The minimum Gasteiger partial charge on any atom is -0.496 e. The lowest BCUT2D eigenvalue weighted by Crippen LogP contribution is -2.22. The SMILES string of the molecule is COc1cc(OC)c(C(=O)CN(C)C)c(OC)c1. The Balaban J connectivity index is 3.26. The second-order valence-electron chi connectivity index (χ2n) is 4.07. The Hall–Kier alpha value is -1.75. The lowest BCUT2D eigenvalue weighted by atomic mass is 10.1. The van der Waals surface area contributed by atoms with E-state index in [9.17, 15) is 4.79 Å². The highest BCUT2D eigenvalue weighted by Crippen LogP contribution is 2.34. The first-order valence-electron chi connectivity index (χ1n) is 5.51. The fraction of sp³-hybridized carbons (Fsp3) is 0.462.